The molecular weight excluding hydrogens is 244 g/mol. The van der Waals surface area contributed by atoms with Crippen molar-refractivity contribution >= 4 is 5.91 Å². The third-order valence-corrected chi connectivity index (χ3v) is 3.68. The van der Waals surface area contributed by atoms with E-state index in [4.69, 9.17) is 4.42 Å². The number of amides is 1. The van der Waals surface area contributed by atoms with Gasteiger partial charge in [0.05, 0.1) is 24.5 Å². The number of hydrogen-bond acceptors (Lipinski definition) is 4. The molecule has 0 aromatic carbocycles. The van der Waals surface area contributed by atoms with E-state index in [0.29, 0.717) is 13.1 Å². The summed E-state index contributed by atoms with van der Waals surface area (Å²) in [7, 11) is 0. The Morgan fingerprint density at radius 3 is 2.89 bits per heavy atom. The van der Waals surface area contributed by atoms with E-state index in [1.807, 2.05) is 6.07 Å². The van der Waals surface area contributed by atoms with Gasteiger partial charge in [0.1, 0.15) is 5.76 Å². The second-order valence-electron chi connectivity index (χ2n) is 5.33. The van der Waals surface area contributed by atoms with Crippen LogP contribution < -0.4 is 10.6 Å². The molecule has 1 aliphatic carbocycles. The summed E-state index contributed by atoms with van der Waals surface area (Å²) in [6.07, 6.45) is 5.36. The van der Waals surface area contributed by atoms with Gasteiger partial charge in [0, 0.05) is 6.54 Å². The summed E-state index contributed by atoms with van der Waals surface area (Å²) >= 11 is 0. The molecular formula is C14H22N2O3. The molecule has 0 radical (unpaired) electrons. The van der Waals surface area contributed by atoms with E-state index in [-0.39, 0.29) is 11.9 Å². The molecule has 106 valence electrons. The van der Waals surface area contributed by atoms with Crippen LogP contribution in [0.2, 0.25) is 0 Å². The van der Waals surface area contributed by atoms with E-state index in [1.165, 1.54) is 0 Å². The average molecular weight is 266 g/mol. The lowest BCUT2D eigenvalue weighted by atomic mass is 10.0. The third kappa shape index (κ3) is 4.08. The number of rotatable bonds is 6. The SMILES string of the molecule is CC(NCC1(O)CCCC1)C(=O)NCc1ccco1. The molecule has 1 aromatic rings. The van der Waals surface area contributed by atoms with Crippen molar-refractivity contribution in [1.82, 2.24) is 10.6 Å². The van der Waals surface area contributed by atoms with Crippen LogP contribution in [0.1, 0.15) is 38.4 Å². The highest BCUT2D eigenvalue weighted by Crippen LogP contribution is 2.28. The Hall–Kier alpha value is -1.33. The number of aliphatic hydroxyl groups is 1. The molecule has 1 atom stereocenters. The minimum absolute atomic E-state index is 0.0852. The minimum Gasteiger partial charge on any atom is -0.467 e. The Labute approximate surface area is 113 Å². The highest BCUT2D eigenvalue weighted by molar-refractivity contribution is 5.81. The van der Waals surface area contributed by atoms with Gasteiger partial charge in [0.15, 0.2) is 0 Å². The van der Waals surface area contributed by atoms with Crippen molar-refractivity contribution in [2.45, 2.75) is 50.8 Å². The summed E-state index contributed by atoms with van der Waals surface area (Å²) < 4.78 is 5.15. The van der Waals surface area contributed by atoms with Crippen molar-refractivity contribution in [1.29, 1.82) is 0 Å². The molecule has 1 unspecified atom stereocenters. The Morgan fingerprint density at radius 2 is 2.26 bits per heavy atom. The molecule has 19 heavy (non-hydrogen) atoms. The van der Waals surface area contributed by atoms with Crippen molar-refractivity contribution < 1.29 is 14.3 Å². The zero-order chi connectivity index (χ0) is 13.7. The second-order valence-corrected chi connectivity index (χ2v) is 5.33. The van der Waals surface area contributed by atoms with Crippen LogP contribution in [0.5, 0.6) is 0 Å². The average Bonchev–Trinajstić information content (AvgIpc) is 3.05. The highest BCUT2D eigenvalue weighted by Gasteiger charge is 2.31. The zero-order valence-electron chi connectivity index (χ0n) is 11.3. The molecule has 1 aromatic heterocycles. The summed E-state index contributed by atoms with van der Waals surface area (Å²) in [5, 5.41) is 16.1. The number of hydrogen-bond donors (Lipinski definition) is 3. The monoisotopic (exact) mass is 266 g/mol. The van der Waals surface area contributed by atoms with E-state index in [1.54, 1.807) is 19.3 Å². The molecule has 1 fully saturated rings. The summed E-state index contributed by atoms with van der Waals surface area (Å²) in [5.41, 5.74) is -0.629. The van der Waals surface area contributed by atoms with Crippen molar-refractivity contribution in [3.05, 3.63) is 24.2 Å². The summed E-state index contributed by atoms with van der Waals surface area (Å²) in [4.78, 5) is 11.9. The molecule has 0 aliphatic heterocycles. The summed E-state index contributed by atoms with van der Waals surface area (Å²) in [6.45, 7) is 2.67. The largest absolute Gasteiger partial charge is 0.467 e. The third-order valence-electron chi connectivity index (χ3n) is 3.68. The number of nitrogens with one attached hydrogen (secondary N) is 2. The molecule has 2 rings (SSSR count). The fraction of sp³-hybridized carbons (Fsp3) is 0.643. The maximum absolute atomic E-state index is 11.9. The van der Waals surface area contributed by atoms with Crippen LogP contribution in [0, 0.1) is 0 Å². The first kappa shape index (κ1) is 14.1. The van der Waals surface area contributed by atoms with Gasteiger partial charge in [-0.25, -0.2) is 0 Å². The van der Waals surface area contributed by atoms with Crippen molar-refractivity contribution in [2.24, 2.45) is 0 Å². The molecule has 5 heteroatoms. The maximum Gasteiger partial charge on any atom is 0.237 e. The van der Waals surface area contributed by atoms with Crippen molar-refractivity contribution in [3.8, 4) is 0 Å². The van der Waals surface area contributed by atoms with Gasteiger partial charge in [-0.15, -0.1) is 0 Å². The van der Waals surface area contributed by atoms with Gasteiger partial charge in [0.25, 0.3) is 0 Å². The summed E-state index contributed by atoms with van der Waals surface area (Å²) in [5.74, 6) is 0.646. The molecule has 0 bridgehead atoms. The maximum atomic E-state index is 11.9. The van der Waals surface area contributed by atoms with E-state index < -0.39 is 5.60 Å². The lowest BCUT2D eigenvalue weighted by Gasteiger charge is -2.24. The molecule has 1 heterocycles. The molecule has 1 aliphatic rings. The van der Waals surface area contributed by atoms with Gasteiger partial charge in [0.2, 0.25) is 5.91 Å². The van der Waals surface area contributed by atoms with Crippen LogP contribution >= 0.6 is 0 Å². The molecule has 3 N–H and O–H groups in total. The molecule has 1 amide bonds. The van der Waals surface area contributed by atoms with Crippen LogP contribution in [0.25, 0.3) is 0 Å². The van der Waals surface area contributed by atoms with Gasteiger partial charge in [-0.3, -0.25) is 4.79 Å². The van der Waals surface area contributed by atoms with Crippen molar-refractivity contribution in [3.63, 3.8) is 0 Å². The second kappa shape index (κ2) is 6.21. The predicted octanol–water partition coefficient (Wildman–Crippen LogP) is 1.18. The van der Waals surface area contributed by atoms with E-state index >= 15 is 0 Å². The van der Waals surface area contributed by atoms with Crippen LogP contribution in [-0.2, 0) is 11.3 Å². The first-order valence-electron chi connectivity index (χ1n) is 6.85. The van der Waals surface area contributed by atoms with Gasteiger partial charge < -0.3 is 20.2 Å². The number of carbonyl (C=O) groups excluding carboxylic acids is 1. The molecule has 1 saturated carbocycles. The molecule has 0 saturated heterocycles. The quantitative estimate of drug-likeness (QED) is 0.723. The Bertz CT molecular complexity index is 397. The molecule has 0 spiro atoms. The lowest BCUT2D eigenvalue weighted by molar-refractivity contribution is -0.123. The van der Waals surface area contributed by atoms with Crippen LogP contribution in [0.15, 0.2) is 22.8 Å². The van der Waals surface area contributed by atoms with Crippen molar-refractivity contribution in [2.75, 3.05) is 6.54 Å². The predicted molar refractivity (Wildman–Crippen MR) is 71.4 cm³/mol. The fourth-order valence-electron chi connectivity index (χ4n) is 2.39. The normalized spacial score (nSPS) is 19.3. The number of furan rings is 1. The van der Waals surface area contributed by atoms with Crippen LogP contribution in [-0.4, -0.2) is 29.2 Å². The van der Waals surface area contributed by atoms with Crippen LogP contribution in [0.3, 0.4) is 0 Å². The van der Waals surface area contributed by atoms with Gasteiger partial charge in [-0.05, 0) is 31.9 Å². The highest BCUT2D eigenvalue weighted by atomic mass is 16.3. The van der Waals surface area contributed by atoms with E-state index in [2.05, 4.69) is 10.6 Å². The molecule has 5 nitrogen and oxygen atoms in total. The Kier molecular flexibility index (Phi) is 4.61. The Morgan fingerprint density at radius 1 is 1.53 bits per heavy atom. The van der Waals surface area contributed by atoms with Gasteiger partial charge in [-0.2, -0.15) is 0 Å². The standard InChI is InChI=1S/C14H22N2O3/c1-11(16-10-14(18)6-2-3-7-14)13(17)15-9-12-5-4-8-19-12/h4-5,8,11,16,18H,2-3,6-7,9-10H2,1H3,(H,15,17). The first-order chi connectivity index (χ1) is 9.09. The van der Waals surface area contributed by atoms with Gasteiger partial charge in [-0.1, -0.05) is 12.8 Å². The first-order valence-corrected chi connectivity index (χ1v) is 6.85. The minimum atomic E-state index is -0.629. The smallest absolute Gasteiger partial charge is 0.237 e. The Balaban J connectivity index is 1.70. The van der Waals surface area contributed by atoms with Crippen LogP contribution in [0.4, 0.5) is 0 Å². The van der Waals surface area contributed by atoms with E-state index in [0.717, 1.165) is 31.4 Å². The van der Waals surface area contributed by atoms with Gasteiger partial charge >= 0.3 is 0 Å². The zero-order valence-corrected chi connectivity index (χ0v) is 11.3. The van der Waals surface area contributed by atoms with E-state index in [9.17, 15) is 9.90 Å². The number of carbonyl (C=O) groups is 1. The topological polar surface area (TPSA) is 74.5 Å². The lowest BCUT2D eigenvalue weighted by Crippen LogP contribution is -2.48. The fourth-order valence-corrected chi connectivity index (χ4v) is 2.39. The summed E-state index contributed by atoms with van der Waals surface area (Å²) in [6, 6.07) is 3.29.